The largest absolute Gasteiger partial charge is 0.481 e. The number of anilines is 3. The highest BCUT2D eigenvalue weighted by Crippen LogP contribution is 2.28. The van der Waals surface area contributed by atoms with Gasteiger partial charge in [0, 0.05) is 24.2 Å². The van der Waals surface area contributed by atoms with Crippen LogP contribution in [0.4, 0.5) is 21.7 Å². The number of hydrogen-bond donors (Lipinski definition) is 4. The van der Waals surface area contributed by atoms with Gasteiger partial charge in [0.25, 0.3) is 5.91 Å². The molecule has 0 unspecified atom stereocenters. The number of ether oxygens (including phenoxy) is 2. The second-order valence-electron chi connectivity index (χ2n) is 6.76. The van der Waals surface area contributed by atoms with Gasteiger partial charge in [0.15, 0.2) is 11.6 Å². The average Bonchev–Trinajstić information content (AvgIpc) is 2.74. The maximum absolute atomic E-state index is 14.7. The van der Waals surface area contributed by atoms with Crippen LogP contribution in [0.5, 0.6) is 11.8 Å². The van der Waals surface area contributed by atoms with Gasteiger partial charge in [-0.05, 0) is 18.9 Å². The number of nitrogens with zero attached hydrogens (tertiary/aromatic N) is 2. The van der Waals surface area contributed by atoms with E-state index in [9.17, 15) is 9.18 Å². The zero-order chi connectivity index (χ0) is 22.3. The van der Waals surface area contributed by atoms with Crippen LogP contribution in [0.25, 0.3) is 0 Å². The first-order valence-electron chi connectivity index (χ1n) is 9.72. The predicted octanol–water partition coefficient (Wildman–Crippen LogP) is 2.79. The van der Waals surface area contributed by atoms with Crippen LogP contribution in [0.15, 0.2) is 18.2 Å². The third-order valence-corrected chi connectivity index (χ3v) is 4.61. The molecule has 0 aliphatic carbocycles. The molecule has 0 aliphatic rings. The number of hydrogen-bond acceptors (Lipinski definition) is 8. The molecule has 2 aromatic rings. The minimum absolute atomic E-state index is 0.0159. The molecule has 0 spiro atoms. The highest BCUT2D eigenvalue weighted by molar-refractivity contribution is 5.98. The smallest absolute Gasteiger partial charge is 0.252 e. The molecule has 164 valence electrons. The molecule has 9 nitrogen and oxygen atoms in total. The van der Waals surface area contributed by atoms with Gasteiger partial charge in [-0.25, -0.2) is 9.37 Å². The molecule has 30 heavy (non-hydrogen) atoms. The molecule has 2 heterocycles. The van der Waals surface area contributed by atoms with E-state index in [4.69, 9.17) is 20.9 Å². The number of carbonyl (C=O) groups excluding carboxylic acids is 1. The second kappa shape index (κ2) is 10.6. The van der Waals surface area contributed by atoms with Gasteiger partial charge in [-0.3, -0.25) is 4.79 Å². The maximum Gasteiger partial charge on any atom is 0.252 e. The van der Waals surface area contributed by atoms with E-state index in [1.54, 1.807) is 12.1 Å². The van der Waals surface area contributed by atoms with E-state index < -0.39 is 11.7 Å². The first-order valence-corrected chi connectivity index (χ1v) is 9.72. The predicted molar refractivity (Wildman–Crippen MR) is 114 cm³/mol. The van der Waals surface area contributed by atoms with Crippen molar-refractivity contribution in [2.75, 3.05) is 24.9 Å². The number of nitrogens with two attached hydrogens (primary N) is 2. The summed E-state index contributed by atoms with van der Waals surface area (Å²) in [7, 11) is 2.92. The number of aromatic nitrogens is 2. The summed E-state index contributed by atoms with van der Waals surface area (Å²) in [6.07, 6.45) is 2.34. The Hall–Kier alpha value is -3.14. The molecule has 0 saturated heterocycles. The summed E-state index contributed by atoms with van der Waals surface area (Å²) >= 11 is 0. The van der Waals surface area contributed by atoms with Crippen molar-refractivity contribution >= 4 is 23.2 Å². The van der Waals surface area contributed by atoms with Crippen molar-refractivity contribution in [1.82, 2.24) is 9.97 Å². The molecule has 6 N–H and O–H groups in total. The summed E-state index contributed by atoms with van der Waals surface area (Å²) in [6.45, 7) is 3.99. The summed E-state index contributed by atoms with van der Waals surface area (Å²) in [4.78, 5) is 20.3. The molecule has 2 aromatic heterocycles. The normalized spacial score (nSPS) is 12.7. The number of nitrogens with one attached hydrogen (secondary N) is 2. The Morgan fingerprint density at radius 1 is 1.13 bits per heavy atom. The van der Waals surface area contributed by atoms with Crippen LogP contribution in [0.3, 0.4) is 0 Å². The molecular weight excluding hydrogens is 391 g/mol. The maximum atomic E-state index is 14.7. The van der Waals surface area contributed by atoms with Crippen molar-refractivity contribution in [3.8, 4) is 11.8 Å². The Labute approximate surface area is 175 Å². The Morgan fingerprint density at radius 2 is 1.77 bits per heavy atom. The highest BCUT2D eigenvalue weighted by atomic mass is 19.1. The van der Waals surface area contributed by atoms with Crippen LogP contribution in [-0.4, -0.2) is 42.2 Å². The number of primary amides is 1. The molecule has 10 heteroatoms. The number of carbonyl (C=O) groups is 1. The number of halogens is 1. The van der Waals surface area contributed by atoms with Crippen molar-refractivity contribution in [2.45, 2.75) is 45.2 Å². The summed E-state index contributed by atoms with van der Waals surface area (Å²) in [5.74, 6) is -0.868. The summed E-state index contributed by atoms with van der Waals surface area (Å²) in [6, 6.07) is 3.87. The first-order chi connectivity index (χ1) is 14.3. The lowest BCUT2D eigenvalue weighted by molar-refractivity contribution is 0.100. The highest BCUT2D eigenvalue weighted by Gasteiger charge is 2.21. The lowest BCUT2D eigenvalue weighted by Gasteiger charge is -2.25. The fraction of sp³-hybridized carbons (Fsp3) is 0.450. The molecule has 0 fully saturated rings. The minimum atomic E-state index is -0.821. The Morgan fingerprint density at radius 3 is 2.27 bits per heavy atom. The minimum Gasteiger partial charge on any atom is -0.481 e. The van der Waals surface area contributed by atoms with E-state index >= 15 is 0 Å². The molecule has 0 radical (unpaired) electrons. The Kier molecular flexibility index (Phi) is 8.16. The summed E-state index contributed by atoms with van der Waals surface area (Å²) in [5.41, 5.74) is 12.0. The third kappa shape index (κ3) is 5.69. The van der Waals surface area contributed by atoms with E-state index in [2.05, 4.69) is 20.6 Å². The topological polar surface area (TPSA) is 137 Å². The van der Waals surface area contributed by atoms with Crippen LogP contribution in [0.2, 0.25) is 0 Å². The van der Waals surface area contributed by atoms with Gasteiger partial charge in [-0.15, -0.1) is 0 Å². The fourth-order valence-corrected chi connectivity index (χ4v) is 2.94. The van der Waals surface area contributed by atoms with Gasteiger partial charge >= 0.3 is 0 Å². The average molecular weight is 420 g/mol. The van der Waals surface area contributed by atoms with E-state index in [1.165, 1.54) is 14.2 Å². The number of pyridine rings is 2. The number of methoxy groups -OCH3 is 2. The molecule has 1 amide bonds. The van der Waals surface area contributed by atoms with Crippen LogP contribution < -0.4 is 31.6 Å². The molecular formula is C20H29FN6O3. The van der Waals surface area contributed by atoms with E-state index in [0.29, 0.717) is 5.69 Å². The van der Waals surface area contributed by atoms with Crippen LogP contribution in [0.1, 0.15) is 43.5 Å². The molecule has 2 rings (SSSR count). The quantitative estimate of drug-likeness (QED) is 0.435. The van der Waals surface area contributed by atoms with Crippen LogP contribution in [-0.2, 0) is 0 Å². The molecule has 0 aromatic carbocycles. The molecule has 0 aliphatic heterocycles. The van der Waals surface area contributed by atoms with Gasteiger partial charge in [-0.2, -0.15) is 4.98 Å². The zero-order valence-corrected chi connectivity index (χ0v) is 17.7. The SMILES string of the molecule is CCC[C@@H](Nc1nc(Nc2cc(OC)nc(OC)c2)c(C(N)=O)cc1F)[C@@H](N)CC. The number of rotatable bonds is 11. The van der Waals surface area contributed by atoms with Crippen LogP contribution in [0, 0.1) is 5.82 Å². The summed E-state index contributed by atoms with van der Waals surface area (Å²) < 4.78 is 25.0. The van der Waals surface area contributed by atoms with E-state index in [-0.39, 0.29) is 41.0 Å². The zero-order valence-electron chi connectivity index (χ0n) is 17.7. The van der Waals surface area contributed by atoms with Crippen molar-refractivity contribution < 1.29 is 18.7 Å². The molecule has 2 atom stereocenters. The lowest BCUT2D eigenvalue weighted by atomic mass is 10.0. The molecule has 0 saturated carbocycles. The van der Waals surface area contributed by atoms with Gasteiger partial charge in [0.05, 0.1) is 25.5 Å². The molecule has 0 bridgehead atoms. The van der Waals surface area contributed by atoms with Gasteiger partial charge in [-0.1, -0.05) is 20.3 Å². The van der Waals surface area contributed by atoms with Gasteiger partial charge < -0.3 is 31.6 Å². The lowest BCUT2D eigenvalue weighted by Crippen LogP contribution is -2.40. The summed E-state index contributed by atoms with van der Waals surface area (Å²) in [5, 5.41) is 6.04. The van der Waals surface area contributed by atoms with Crippen molar-refractivity contribution in [2.24, 2.45) is 11.5 Å². The van der Waals surface area contributed by atoms with Gasteiger partial charge in [0.2, 0.25) is 11.8 Å². The third-order valence-electron chi connectivity index (χ3n) is 4.61. The fourth-order valence-electron chi connectivity index (χ4n) is 2.94. The van der Waals surface area contributed by atoms with Crippen LogP contribution >= 0.6 is 0 Å². The van der Waals surface area contributed by atoms with E-state index in [0.717, 1.165) is 25.3 Å². The van der Waals surface area contributed by atoms with E-state index in [1.807, 2.05) is 13.8 Å². The van der Waals surface area contributed by atoms with Crippen molar-refractivity contribution in [1.29, 1.82) is 0 Å². The van der Waals surface area contributed by atoms with Crippen molar-refractivity contribution in [3.05, 3.63) is 29.6 Å². The number of amides is 1. The second-order valence-corrected chi connectivity index (χ2v) is 6.76. The Bertz CT molecular complexity index is 858. The standard InChI is InChI=1S/C20H29FN6O3/c1-5-7-15(14(22)6-2)25-20-13(21)10-12(18(23)28)19(27-20)24-11-8-16(29-3)26-17(9-11)30-4/h8-10,14-15H,5-7,22H2,1-4H3,(H2,23,28)(H2,24,25,26,27)/t14-,15+/m0/s1. The Balaban J connectivity index is 2.45. The van der Waals surface area contributed by atoms with Gasteiger partial charge in [0.1, 0.15) is 5.82 Å². The van der Waals surface area contributed by atoms with Crippen molar-refractivity contribution in [3.63, 3.8) is 0 Å². The monoisotopic (exact) mass is 420 g/mol. The first kappa shape index (κ1) is 23.1.